The van der Waals surface area contributed by atoms with E-state index in [0.717, 1.165) is 87.9 Å². The zero-order valence-corrected chi connectivity index (χ0v) is 21.9. The molecule has 1 aromatic rings. The van der Waals surface area contributed by atoms with Gasteiger partial charge < -0.3 is 10.2 Å². The number of halogens is 2. The van der Waals surface area contributed by atoms with Crippen LogP contribution in [0.15, 0.2) is 63.8 Å². The highest BCUT2D eigenvalue weighted by molar-refractivity contribution is 6.39. The smallest absolute Gasteiger partial charge is 0.127 e. The van der Waals surface area contributed by atoms with E-state index in [9.17, 15) is 4.39 Å². The lowest BCUT2D eigenvalue weighted by atomic mass is 9.91. The molecule has 2 aliphatic heterocycles. The minimum absolute atomic E-state index is 0.111. The average Bonchev–Trinajstić information content (AvgIpc) is 2.78. The molecule has 1 N–H and O–H groups in total. The summed E-state index contributed by atoms with van der Waals surface area (Å²) in [6.07, 6.45) is 13.0. The van der Waals surface area contributed by atoms with Crippen LogP contribution in [-0.4, -0.2) is 43.6 Å². The molecular formula is C29H40ClFN4. The monoisotopic (exact) mass is 498 g/mol. The van der Waals surface area contributed by atoms with Crippen LogP contribution < -0.4 is 5.32 Å². The number of likely N-dealkylation sites (tertiary alicyclic amines) is 1. The zero-order chi connectivity index (χ0) is 25.0. The summed E-state index contributed by atoms with van der Waals surface area (Å²) in [6, 6.07) is 5.74. The molecule has 2 heterocycles. The van der Waals surface area contributed by atoms with E-state index in [4.69, 9.17) is 11.6 Å². The third kappa shape index (κ3) is 9.64. The molecule has 1 aromatic carbocycles. The quantitative estimate of drug-likeness (QED) is 0.289. The summed E-state index contributed by atoms with van der Waals surface area (Å²) in [5.74, 6) is 1.16. The van der Waals surface area contributed by atoms with Crippen molar-refractivity contribution in [1.29, 1.82) is 0 Å². The minimum Gasteiger partial charge on any atom is -0.376 e. The van der Waals surface area contributed by atoms with Crippen molar-refractivity contribution in [3.05, 3.63) is 70.8 Å². The second kappa shape index (κ2) is 14.2. The molecule has 6 heteroatoms. The van der Waals surface area contributed by atoms with Crippen LogP contribution in [0, 0.1) is 17.7 Å². The van der Waals surface area contributed by atoms with Gasteiger partial charge in [-0.25, -0.2) is 9.38 Å². The molecule has 190 valence electrons. The Labute approximate surface area is 215 Å². The Morgan fingerprint density at radius 3 is 2.80 bits per heavy atom. The third-order valence-electron chi connectivity index (χ3n) is 6.82. The summed E-state index contributed by atoms with van der Waals surface area (Å²) in [5.41, 5.74) is 4.05. The molecule has 0 bridgehead atoms. The van der Waals surface area contributed by atoms with Crippen LogP contribution in [0.25, 0.3) is 0 Å². The van der Waals surface area contributed by atoms with Gasteiger partial charge >= 0.3 is 0 Å². The summed E-state index contributed by atoms with van der Waals surface area (Å²) >= 11 is 6.03. The number of benzene rings is 1. The molecule has 0 aliphatic carbocycles. The van der Waals surface area contributed by atoms with Crippen molar-refractivity contribution in [3.8, 4) is 0 Å². The Balaban J connectivity index is 1.39. The molecule has 3 rings (SSSR count). The minimum atomic E-state index is -0.111. The fourth-order valence-electron chi connectivity index (χ4n) is 4.82. The van der Waals surface area contributed by atoms with Crippen molar-refractivity contribution in [3.63, 3.8) is 0 Å². The molecule has 1 unspecified atom stereocenters. The van der Waals surface area contributed by atoms with Crippen LogP contribution in [-0.2, 0) is 12.8 Å². The number of unbranched alkanes of at least 4 members (excludes halogenated alkanes) is 1. The van der Waals surface area contributed by atoms with Gasteiger partial charge in [0, 0.05) is 50.7 Å². The number of rotatable bonds is 10. The van der Waals surface area contributed by atoms with Crippen LogP contribution in [0.2, 0.25) is 0 Å². The van der Waals surface area contributed by atoms with Crippen molar-refractivity contribution < 1.29 is 4.39 Å². The first-order valence-electron chi connectivity index (χ1n) is 12.9. The number of allylic oxidation sites excluding steroid dienone is 3. The molecule has 0 saturated carbocycles. The molecule has 1 fully saturated rings. The summed E-state index contributed by atoms with van der Waals surface area (Å²) in [6.45, 7) is 14.0. The maximum absolute atomic E-state index is 14.8. The second-order valence-electron chi connectivity index (χ2n) is 10.1. The van der Waals surface area contributed by atoms with E-state index >= 15 is 0 Å². The van der Waals surface area contributed by atoms with Gasteiger partial charge in [0.1, 0.15) is 5.82 Å². The van der Waals surface area contributed by atoms with E-state index in [1.54, 1.807) is 24.8 Å². The highest BCUT2D eigenvalue weighted by atomic mass is 35.5. The van der Waals surface area contributed by atoms with E-state index < -0.39 is 0 Å². The maximum Gasteiger partial charge on any atom is 0.127 e. The van der Waals surface area contributed by atoms with E-state index in [1.165, 1.54) is 5.57 Å². The maximum atomic E-state index is 14.8. The van der Waals surface area contributed by atoms with E-state index in [1.807, 2.05) is 6.07 Å². The van der Waals surface area contributed by atoms with Gasteiger partial charge in [-0.2, -0.15) is 0 Å². The highest BCUT2D eigenvalue weighted by Gasteiger charge is 2.27. The fraction of sp³-hybridized carbons (Fsp3) is 0.517. The first-order valence-corrected chi connectivity index (χ1v) is 13.2. The summed E-state index contributed by atoms with van der Waals surface area (Å²) in [5, 5.41) is 3.76. The van der Waals surface area contributed by atoms with Crippen LogP contribution in [0.1, 0.15) is 56.6 Å². The number of hydrogen-bond donors (Lipinski definition) is 1. The van der Waals surface area contributed by atoms with Gasteiger partial charge in [0.15, 0.2) is 0 Å². The molecule has 4 nitrogen and oxygen atoms in total. The lowest BCUT2D eigenvalue weighted by Gasteiger charge is -2.42. The van der Waals surface area contributed by atoms with E-state index in [-0.39, 0.29) is 5.82 Å². The molecule has 1 atom stereocenters. The van der Waals surface area contributed by atoms with Gasteiger partial charge in [0.25, 0.3) is 0 Å². The number of aliphatic imine (C=N–C) groups is 2. The SMILES string of the molecule is C=C(C)CC1CN(C(=C)Cc2ccc(CCCCC3CC\N=C/C(Cl)=C\N=C\NCC3)cc2F)C1. The Kier molecular flexibility index (Phi) is 11.1. The Morgan fingerprint density at radius 2 is 2.03 bits per heavy atom. The molecule has 0 amide bonds. The van der Waals surface area contributed by atoms with Gasteiger partial charge in [-0.05, 0) is 68.1 Å². The molecular weight excluding hydrogens is 459 g/mol. The van der Waals surface area contributed by atoms with Crippen LogP contribution in [0.4, 0.5) is 4.39 Å². The summed E-state index contributed by atoms with van der Waals surface area (Å²) in [4.78, 5) is 10.8. The van der Waals surface area contributed by atoms with Gasteiger partial charge in [0.2, 0.25) is 0 Å². The Hall–Kier alpha value is -2.40. The van der Waals surface area contributed by atoms with Crippen LogP contribution in [0.5, 0.6) is 0 Å². The lowest BCUT2D eigenvalue weighted by Crippen LogP contribution is -2.45. The summed E-state index contributed by atoms with van der Waals surface area (Å²) in [7, 11) is 0. The van der Waals surface area contributed by atoms with Crippen molar-refractivity contribution in [2.75, 3.05) is 26.2 Å². The standard InChI is InChI=1S/C29H40ClFN4/c1-22(2)14-26-19-35(20-26)23(3)15-27-9-8-25(16-29(27)31)7-5-4-6-24-10-12-32-17-28(30)18-34-21-33-13-11-24/h8-9,16-18,21,24,26H,1,3-7,10-15,19-20H2,2H3,(H,33,34)/b28-18+,32-17-. The normalized spacial score (nSPS) is 22.5. The molecule has 2 aliphatic rings. The highest BCUT2D eigenvalue weighted by Crippen LogP contribution is 2.27. The van der Waals surface area contributed by atoms with Gasteiger partial charge in [-0.1, -0.05) is 48.7 Å². The largest absolute Gasteiger partial charge is 0.376 e. The lowest BCUT2D eigenvalue weighted by molar-refractivity contribution is 0.140. The van der Waals surface area contributed by atoms with Crippen LogP contribution in [0.3, 0.4) is 0 Å². The third-order valence-corrected chi connectivity index (χ3v) is 7.02. The number of hydrogen-bond acceptors (Lipinski definition) is 4. The molecule has 0 radical (unpaired) electrons. The van der Waals surface area contributed by atoms with E-state index in [2.05, 4.69) is 46.3 Å². The topological polar surface area (TPSA) is 40.0 Å². The predicted octanol–water partition coefficient (Wildman–Crippen LogP) is 6.67. The van der Waals surface area contributed by atoms with Gasteiger partial charge in [-0.15, -0.1) is 6.58 Å². The number of aryl methyl sites for hydroxylation is 1. The second-order valence-corrected chi connectivity index (χ2v) is 10.5. The average molecular weight is 499 g/mol. The van der Waals surface area contributed by atoms with Gasteiger partial charge in [-0.3, -0.25) is 4.99 Å². The molecule has 35 heavy (non-hydrogen) atoms. The first-order chi connectivity index (χ1) is 16.9. The Bertz CT molecular complexity index is 946. The predicted molar refractivity (Wildman–Crippen MR) is 148 cm³/mol. The Morgan fingerprint density at radius 1 is 1.20 bits per heavy atom. The van der Waals surface area contributed by atoms with Crippen molar-refractivity contribution in [1.82, 2.24) is 10.2 Å². The van der Waals surface area contributed by atoms with Crippen molar-refractivity contribution in [2.24, 2.45) is 21.8 Å². The fourth-order valence-corrected chi connectivity index (χ4v) is 4.95. The van der Waals surface area contributed by atoms with Crippen molar-refractivity contribution in [2.45, 2.75) is 58.3 Å². The van der Waals surface area contributed by atoms with Crippen LogP contribution >= 0.6 is 11.6 Å². The van der Waals surface area contributed by atoms with E-state index in [0.29, 0.717) is 23.3 Å². The van der Waals surface area contributed by atoms with Crippen molar-refractivity contribution >= 4 is 24.2 Å². The summed E-state index contributed by atoms with van der Waals surface area (Å²) < 4.78 is 14.8. The number of nitrogens with zero attached hydrogens (tertiary/aromatic N) is 3. The van der Waals surface area contributed by atoms with Gasteiger partial charge in [0.05, 0.1) is 11.4 Å². The zero-order valence-electron chi connectivity index (χ0n) is 21.1. The molecule has 1 saturated heterocycles. The first kappa shape index (κ1) is 27.2. The number of nitrogens with one attached hydrogen (secondary N) is 1. The molecule has 0 aromatic heterocycles. The molecule has 0 spiro atoms.